The lowest BCUT2D eigenvalue weighted by Gasteiger charge is -2.08. The highest BCUT2D eigenvalue weighted by molar-refractivity contribution is 6.35. The third-order valence-electron chi connectivity index (χ3n) is 2.48. The summed E-state index contributed by atoms with van der Waals surface area (Å²) in [4.78, 5) is 14.7. The zero-order valence-corrected chi connectivity index (χ0v) is 11.5. The first-order chi connectivity index (χ1) is 9.47. The number of carboxylic acid groups (broad SMARTS) is 1. The minimum Gasteiger partial charge on any atom is -0.477 e. The summed E-state index contributed by atoms with van der Waals surface area (Å²) in [5.41, 5.74) is 1.00. The summed E-state index contributed by atoms with van der Waals surface area (Å²) in [5.74, 6) is -1.77. The van der Waals surface area contributed by atoms with E-state index in [4.69, 9.17) is 28.3 Å². The van der Waals surface area contributed by atoms with Gasteiger partial charge in [0.1, 0.15) is 5.69 Å². The van der Waals surface area contributed by atoms with Crippen molar-refractivity contribution in [2.75, 3.05) is 5.32 Å². The number of rotatable bonds is 4. The molecular formula is C13H9Cl2FN2O2. The van der Waals surface area contributed by atoms with E-state index in [-0.39, 0.29) is 22.3 Å². The monoisotopic (exact) mass is 314 g/mol. The third-order valence-corrected chi connectivity index (χ3v) is 3.03. The minimum absolute atomic E-state index is 0.0422. The first-order valence-electron chi connectivity index (χ1n) is 5.55. The highest BCUT2D eigenvalue weighted by Crippen LogP contribution is 2.27. The molecule has 7 heteroatoms. The van der Waals surface area contributed by atoms with E-state index in [1.807, 2.05) is 0 Å². The van der Waals surface area contributed by atoms with E-state index in [2.05, 4.69) is 10.3 Å². The Morgan fingerprint density at radius 3 is 2.55 bits per heavy atom. The van der Waals surface area contributed by atoms with Gasteiger partial charge in [-0.15, -0.1) is 0 Å². The maximum absolute atomic E-state index is 13.2. The van der Waals surface area contributed by atoms with Gasteiger partial charge in [0.25, 0.3) is 0 Å². The van der Waals surface area contributed by atoms with Crippen LogP contribution in [0.15, 0.2) is 30.3 Å². The largest absolute Gasteiger partial charge is 0.477 e. The Hall–Kier alpha value is -1.85. The van der Waals surface area contributed by atoms with Crippen LogP contribution in [0.5, 0.6) is 0 Å². The van der Waals surface area contributed by atoms with E-state index in [0.717, 1.165) is 0 Å². The molecule has 0 radical (unpaired) electrons. The van der Waals surface area contributed by atoms with E-state index in [1.54, 1.807) is 12.1 Å². The molecule has 0 bridgehead atoms. The number of halogens is 3. The van der Waals surface area contributed by atoms with Gasteiger partial charge in [-0.3, -0.25) is 0 Å². The summed E-state index contributed by atoms with van der Waals surface area (Å²) in [5, 5.41) is 11.6. The van der Waals surface area contributed by atoms with Crippen LogP contribution in [0, 0.1) is 5.82 Å². The van der Waals surface area contributed by atoms with Crippen LogP contribution >= 0.6 is 23.2 Å². The molecule has 1 aromatic heterocycles. The number of hydrogen-bond acceptors (Lipinski definition) is 3. The van der Waals surface area contributed by atoms with Gasteiger partial charge < -0.3 is 10.4 Å². The average Bonchev–Trinajstić information content (AvgIpc) is 2.42. The van der Waals surface area contributed by atoms with Gasteiger partial charge in [-0.1, -0.05) is 29.3 Å². The van der Waals surface area contributed by atoms with Crippen molar-refractivity contribution in [2.24, 2.45) is 0 Å². The molecular weight excluding hydrogens is 306 g/mol. The van der Waals surface area contributed by atoms with Gasteiger partial charge in [-0.05, 0) is 24.3 Å². The molecule has 20 heavy (non-hydrogen) atoms. The number of anilines is 1. The number of aromatic carboxylic acids is 1. The number of carbonyl (C=O) groups is 1. The standard InChI is InChI=1S/C13H9Cl2FN2O2/c14-9-4-8(5-10(15)12(9)16)17-6-7-2-1-3-11(18-7)13(19)20/h1-5,17H,6H2,(H,19,20). The van der Waals surface area contributed by atoms with Crippen LogP contribution in [0.1, 0.15) is 16.2 Å². The first-order valence-corrected chi connectivity index (χ1v) is 6.30. The second-order valence-corrected chi connectivity index (χ2v) is 4.74. The van der Waals surface area contributed by atoms with E-state index in [9.17, 15) is 9.18 Å². The van der Waals surface area contributed by atoms with Crippen molar-refractivity contribution >= 4 is 34.9 Å². The van der Waals surface area contributed by atoms with Gasteiger partial charge in [0.2, 0.25) is 0 Å². The van der Waals surface area contributed by atoms with Crippen LogP contribution in [-0.2, 0) is 6.54 Å². The number of hydrogen-bond donors (Lipinski definition) is 2. The smallest absolute Gasteiger partial charge is 0.354 e. The Bertz CT molecular complexity index is 642. The van der Waals surface area contributed by atoms with E-state index in [0.29, 0.717) is 11.4 Å². The molecule has 1 aromatic carbocycles. The zero-order valence-electron chi connectivity index (χ0n) is 10.0. The van der Waals surface area contributed by atoms with E-state index >= 15 is 0 Å². The second-order valence-electron chi connectivity index (χ2n) is 3.93. The predicted octanol–water partition coefficient (Wildman–Crippen LogP) is 3.84. The topological polar surface area (TPSA) is 62.2 Å². The van der Waals surface area contributed by atoms with Gasteiger partial charge in [0.15, 0.2) is 5.82 Å². The number of pyridine rings is 1. The number of nitrogens with one attached hydrogen (secondary N) is 1. The fourth-order valence-electron chi connectivity index (χ4n) is 1.55. The van der Waals surface area contributed by atoms with Crippen LogP contribution < -0.4 is 5.32 Å². The van der Waals surface area contributed by atoms with Crippen LogP contribution in [0.2, 0.25) is 10.0 Å². The maximum Gasteiger partial charge on any atom is 0.354 e. The van der Waals surface area contributed by atoms with Crippen molar-refractivity contribution in [3.8, 4) is 0 Å². The Morgan fingerprint density at radius 1 is 1.30 bits per heavy atom. The summed E-state index contributed by atoms with van der Waals surface area (Å²) in [6.07, 6.45) is 0. The molecule has 0 atom stereocenters. The van der Waals surface area contributed by atoms with Crippen LogP contribution in [0.3, 0.4) is 0 Å². The Morgan fingerprint density at radius 2 is 1.95 bits per heavy atom. The molecule has 0 aliphatic rings. The van der Waals surface area contributed by atoms with Gasteiger partial charge in [0, 0.05) is 5.69 Å². The number of carboxylic acids is 1. The molecule has 0 fully saturated rings. The first kappa shape index (κ1) is 14.6. The molecule has 4 nitrogen and oxygen atoms in total. The Balaban J connectivity index is 2.13. The summed E-state index contributed by atoms with van der Waals surface area (Å²) in [6.45, 7) is 0.263. The number of aromatic nitrogens is 1. The minimum atomic E-state index is -1.10. The summed E-state index contributed by atoms with van der Waals surface area (Å²) in [7, 11) is 0. The van der Waals surface area contributed by atoms with E-state index < -0.39 is 11.8 Å². The molecule has 0 saturated carbocycles. The SMILES string of the molecule is O=C(O)c1cccc(CNc2cc(Cl)c(F)c(Cl)c2)n1. The van der Waals surface area contributed by atoms with Gasteiger partial charge >= 0.3 is 5.97 Å². The lowest BCUT2D eigenvalue weighted by Crippen LogP contribution is -2.06. The van der Waals surface area contributed by atoms with Crippen LogP contribution in [0.25, 0.3) is 0 Å². The van der Waals surface area contributed by atoms with Gasteiger partial charge in [-0.25, -0.2) is 14.2 Å². The van der Waals surface area contributed by atoms with Crippen molar-refractivity contribution in [3.05, 3.63) is 57.6 Å². The maximum atomic E-state index is 13.2. The number of benzene rings is 1. The fraction of sp³-hybridized carbons (Fsp3) is 0.0769. The molecule has 0 saturated heterocycles. The Kier molecular flexibility index (Phi) is 4.42. The van der Waals surface area contributed by atoms with Crippen molar-refractivity contribution in [1.82, 2.24) is 4.98 Å². The molecule has 0 spiro atoms. The van der Waals surface area contributed by atoms with Crippen molar-refractivity contribution in [2.45, 2.75) is 6.54 Å². The lowest BCUT2D eigenvalue weighted by molar-refractivity contribution is 0.0690. The normalized spacial score (nSPS) is 10.3. The molecule has 104 valence electrons. The fourth-order valence-corrected chi connectivity index (χ4v) is 2.03. The highest BCUT2D eigenvalue weighted by Gasteiger charge is 2.08. The molecule has 2 N–H and O–H groups in total. The molecule has 2 rings (SSSR count). The Labute approximate surface area is 124 Å². The lowest BCUT2D eigenvalue weighted by atomic mass is 10.2. The number of nitrogens with zero attached hydrogens (tertiary/aromatic N) is 1. The quantitative estimate of drug-likeness (QED) is 0.842. The molecule has 2 aromatic rings. The van der Waals surface area contributed by atoms with E-state index in [1.165, 1.54) is 18.2 Å². The zero-order chi connectivity index (χ0) is 14.7. The van der Waals surface area contributed by atoms with Crippen LogP contribution in [-0.4, -0.2) is 16.1 Å². The van der Waals surface area contributed by atoms with Gasteiger partial charge in [0.05, 0.1) is 22.3 Å². The van der Waals surface area contributed by atoms with Crippen molar-refractivity contribution in [3.63, 3.8) is 0 Å². The predicted molar refractivity (Wildman–Crippen MR) is 74.9 cm³/mol. The highest BCUT2D eigenvalue weighted by atomic mass is 35.5. The summed E-state index contributed by atoms with van der Waals surface area (Å²) >= 11 is 11.3. The van der Waals surface area contributed by atoms with Crippen molar-refractivity contribution < 1.29 is 14.3 Å². The third kappa shape index (κ3) is 3.37. The van der Waals surface area contributed by atoms with Gasteiger partial charge in [-0.2, -0.15) is 0 Å². The second kappa shape index (κ2) is 6.07. The van der Waals surface area contributed by atoms with Crippen molar-refractivity contribution in [1.29, 1.82) is 0 Å². The summed E-state index contributed by atoms with van der Waals surface area (Å²) in [6, 6.07) is 7.45. The molecule has 0 unspecified atom stereocenters. The molecule has 1 heterocycles. The molecule has 0 aliphatic heterocycles. The molecule has 0 aliphatic carbocycles. The van der Waals surface area contributed by atoms with Crippen LogP contribution in [0.4, 0.5) is 10.1 Å². The average molecular weight is 315 g/mol. The summed E-state index contributed by atoms with van der Waals surface area (Å²) < 4.78 is 13.2. The molecule has 0 amide bonds.